The summed E-state index contributed by atoms with van der Waals surface area (Å²) in [5.74, 6) is 0.498. The number of pyridine rings is 1. The van der Waals surface area contributed by atoms with Crippen LogP contribution in [0, 0.1) is 5.82 Å². The Morgan fingerprint density at radius 1 is 1.05 bits per heavy atom. The van der Waals surface area contributed by atoms with Crippen molar-refractivity contribution in [2.24, 2.45) is 0 Å². The second-order valence-corrected chi connectivity index (χ2v) is 10.1. The highest BCUT2D eigenvalue weighted by Crippen LogP contribution is 2.34. The molecule has 6 rings (SSSR count). The monoisotopic (exact) mass is 501 g/mol. The van der Waals surface area contributed by atoms with E-state index in [2.05, 4.69) is 49.4 Å². The number of aromatic amines is 1. The average Bonchev–Trinajstić information content (AvgIpc) is 3.62. The van der Waals surface area contributed by atoms with Crippen LogP contribution in [0.15, 0.2) is 53.3 Å². The smallest absolute Gasteiger partial charge is 0.253 e. The first kappa shape index (κ1) is 23.8. The van der Waals surface area contributed by atoms with Crippen molar-refractivity contribution < 1.29 is 4.39 Å². The highest BCUT2D eigenvalue weighted by molar-refractivity contribution is 5.80. The van der Waals surface area contributed by atoms with E-state index in [0.29, 0.717) is 43.3 Å². The second-order valence-electron chi connectivity index (χ2n) is 10.1. The first-order valence-corrected chi connectivity index (χ1v) is 13.3. The molecule has 1 saturated heterocycles. The van der Waals surface area contributed by atoms with Crippen molar-refractivity contribution in [3.8, 4) is 0 Å². The van der Waals surface area contributed by atoms with E-state index in [1.54, 1.807) is 6.07 Å². The number of nitrogens with zero attached hydrogens (tertiary/aromatic N) is 6. The Morgan fingerprint density at radius 2 is 1.84 bits per heavy atom. The van der Waals surface area contributed by atoms with E-state index in [0.717, 1.165) is 43.0 Å². The number of fused-ring (bicyclic) bond motifs is 1. The fourth-order valence-corrected chi connectivity index (χ4v) is 5.91. The predicted molar refractivity (Wildman–Crippen MR) is 141 cm³/mol. The third-order valence-electron chi connectivity index (χ3n) is 7.95. The summed E-state index contributed by atoms with van der Waals surface area (Å²) in [5.41, 5.74) is 3.18. The molecule has 9 heteroatoms. The van der Waals surface area contributed by atoms with Crippen LogP contribution in [0.3, 0.4) is 0 Å². The SMILES string of the molecule is CCc1ccc2[nH]c(=O)c(C(c3nnnn3C3CCCC3)N3CCN(c4ccccc4F)CC3)cc2c1. The number of piperazine rings is 1. The minimum Gasteiger partial charge on any atom is -0.367 e. The van der Waals surface area contributed by atoms with Gasteiger partial charge in [-0.3, -0.25) is 9.69 Å². The maximum absolute atomic E-state index is 14.5. The standard InChI is InChI=1S/C28H32FN7O/c1-2-19-11-12-24-20(17-19)18-22(28(37)30-24)26(27-31-32-33-36(27)21-7-3-4-8-21)35-15-13-34(14-16-35)25-10-6-5-9-23(25)29/h5-6,9-12,17-18,21,26H,2-4,7-8,13-16H2,1H3,(H,30,37). The normalized spacial score (nSPS) is 18.1. The van der Waals surface area contributed by atoms with Crippen LogP contribution in [-0.2, 0) is 6.42 Å². The molecule has 1 atom stereocenters. The van der Waals surface area contributed by atoms with Crippen LogP contribution in [-0.4, -0.2) is 56.3 Å². The van der Waals surface area contributed by atoms with Gasteiger partial charge in [-0.05, 0) is 71.0 Å². The maximum atomic E-state index is 14.5. The molecule has 1 aliphatic heterocycles. The van der Waals surface area contributed by atoms with Crippen LogP contribution in [0.25, 0.3) is 10.9 Å². The van der Waals surface area contributed by atoms with Crippen LogP contribution < -0.4 is 10.5 Å². The molecule has 0 bridgehead atoms. The fraction of sp³-hybridized carbons (Fsp3) is 0.429. The van der Waals surface area contributed by atoms with Gasteiger partial charge in [-0.2, -0.15) is 0 Å². The molecule has 0 radical (unpaired) electrons. The zero-order valence-electron chi connectivity index (χ0n) is 21.1. The van der Waals surface area contributed by atoms with Gasteiger partial charge in [0.15, 0.2) is 5.82 Å². The van der Waals surface area contributed by atoms with Gasteiger partial charge in [0.1, 0.15) is 11.9 Å². The van der Waals surface area contributed by atoms with Crippen molar-refractivity contribution in [3.05, 3.63) is 81.7 Å². The van der Waals surface area contributed by atoms with E-state index in [9.17, 15) is 9.18 Å². The molecule has 2 aromatic heterocycles. The number of tetrazole rings is 1. The quantitative estimate of drug-likeness (QED) is 0.426. The lowest BCUT2D eigenvalue weighted by molar-refractivity contribution is 0.196. The topological polar surface area (TPSA) is 82.9 Å². The first-order valence-electron chi connectivity index (χ1n) is 13.3. The predicted octanol–water partition coefficient (Wildman–Crippen LogP) is 4.24. The molecular formula is C28H32FN7O. The van der Waals surface area contributed by atoms with Gasteiger partial charge in [-0.25, -0.2) is 9.07 Å². The Balaban J connectivity index is 1.40. The van der Waals surface area contributed by atoms with Crippen molar-refractivity contribution >= 4 is 16.6 Å². The number of halogens is 1. The number of rotatable bonds is 6. The fourth-order valence-electron chi connectivity index (χ4n) is 5.91. The van der Waals surface area contributed by atoms with Crippen LogP contribution >= 0.6 is 0 Å². The number of aromatic nitrogens is 5. The Kier molecular flexibility index (Phi) is 6.46. The number of anilines is 1. The molecule has 192 valence electrons. The summed E-state index contributed by atoms with van der Waals surface area (Å²) < 4.78 is 16.4. The summed E-state index contributed by atoms with van der Waals surface area (Å²) in [6.07, 6.45) is 5.32. The van der Waals surface area contributed by atoms with E-state index >= 15 is 0 Å². The first-order chi connectivity index (χ1) is 18.1. The van der Waals surface area contributed by atoms with E-state index in [4.69, 9.17) is 0 Å². The molecular weight excluding hydrogens is 469 g/mol. The third-order valence-corrected chi connectivity index (χ3v) is 7.95. The molecule has 1 N–H and O–H groups in total. The summed E-state index contributed by atoms with van der Waals surface area (Å²) in [5, 5.41) is 14.0. The number of nitrogens with one attached hydrogen (secondary N) is 1. The summed E-state index contributed by atoms with van der Waals surface area (Å²) in [6.45, 7) is 4.73. The lowest BCUT2D eigenvalue weighted by atomic mass is 10.0. The molecule has 1 saturated carbocycles. The number of hydrogen-bond donors (Lipinski definition) is 1. The molecule has 2 aromatic carbocycles. The summed E-state index contributed by atoms with van der Waals surface area (Å²) in [7, 11) is 0. The van der Waals surface area contributed by atoms with Crippen molar-refractivity contribution in [1.82, 2.24) is 30.1 Å². The summed E-state index contributed by atoms with van der Waals surface area (Å²) in [6, 6.07) is 14.9. The summed E-state index contributed by atoms with van der Waals surface area (Å²) in [4.78, 5) is 21.0. The third kappa shape index (κ3) is 4.52. The van der Waals surface area contributed by atoms with Crippen LogP contribution in [0.1, 0.15) is 61.6 Å². The van der Waals surface area contributed by atoms with Gasteiger partial charge in [-0.1, -0.05) is 38.0 Å². The highest BCUT2D eigenvalue weighted by Gasteiger charge is 2.35. The molecule has 2 fully saturated rings. The number of para-hydroxylation sites is 1. The molecule has 4 aromatic rings. The molecule has 0 amide bonds. The Morgan fingerprint density at radius 3 is 2.59 bits per heavy atom. The van der Waals surface area contributed by atoms with Crippen molar-refractivity contribution in [2.45, 2.75) is 51.1 Å². The number of benzene rings is 2. The van der Waals surface area contributed by atoms with Crippen molar-refractivity contribution in [3.63, 3.8) is 0 Å². The molecule has 3 heterocycles. The van der Waals surface area contributed by atoms with E-state index in [1.807, 2.05) is 28.9 Å². The number of hydrogen-bond acceptors (Lipinski definition) is 6. The van der Waals surface area contributed by atoms with E-state index in [-0.39, 0.29) is 17.4 Å². The second kappa shape index (κ2) is 10.0. The van der Waals surface area contributed by atoms with Crippen LogP contribution in [0.2, 0.25) is 0 Å². The minimum absolute atomic E-state index is 0.126. The Hall–Kier alpha value is -3.59. The van der Waals surface area contributed by atoms with Crippen LogP contribution in [0.4, 0.5) is 10.1 Å². The zero-order valence-corrected chi connectivity index (χ0v) is 21.1. The van der Waals surface area contributed by atoms with Gasteiger partial charge in [0.25, 0.3) is 5.56 Å². The summed E-state index contributed by atoms with van der Waals surface area (Å²) >= 11 is 0. The molecule has 37 heavy (non-hydrogen) atoms. The average molecular weight is 502 g/mol. The van der Waals surface area contributed by atoms with Crippen molar-refractivity contribution in [2.75, 3.05) is 31.1 Å². The molecule has 1 aliphatic carbocycles. The highest BCUT2D eigenvalue weighted by atomic mass is 19.1. The molecule has 0 spiro atoms. The van der Waals surface area contributed by atoms with Gasteiger partial charge in [0.05, 0.1) is 11.7 Å². The van der Waals surface area contributed by atoms with E-state index in [1.165, 1.54) is 11.6 Å². The van der Waals surface area contributed by atoms with Gasteiger partial charge in [0, 0.05) is 37.3 Å². The number of aryl methyl sites for hydroxylation is 1. The van der Waals surface area contributed by atoms with E-state index < -0.39 is 6.04 Å². The molecule has 2 aliphatic rings. The lowest BCUT2D eigenvalue weighted by Crippen LogP contribution is -2.49. The van der Waals surface area contributed by atoms with Crippen molar-refractivity contribution in [1.29, 1.82) is 0 Å². The molecule has 1 unspecified atom stereocenters. The van der Waals surface area contributed by atoms with Gasteiger partial charge in [0.2, 0.25) is 0 Å². The lowest BCUT2D eigenvalue weighted by Gasteiger charge is -2.39. The minimum atomic E-state index is -0.392. The maximum Gasteiger partial charge on any atom is 0.253 e. The Labute approximate surface area is 215 Å². The largest absolute Gasteiger partial charge is 0.367 e. The zero-order chi connectivity index (χ0) is 25.4. The van der Waals surface area contributed by atoms with Gasteiger partial charge in [-0.15, -0.1) is 5.10 Å². The van der Waals surface area contributed by atoms with Gasteiger partial charge < -0.3 is 9.88 Å². The van der Waals surface area contributed by atoms with Crippen LogP contribution in [0.5, 0.6) is 0 Å². The number of H-pyrrole nitrogens is 1. The molecule has 8 nitrogen and oxygen atoms in total. The Bertz CT molecular complexity index is 1450. The van der Waals surface area contributed by atoms with Gasteiger partial charge >= 0.3 is 0 Å².